The van der Waals surface area contributed by atoms with Gasteiger partial charge in [0.2, 0.25) is 0 Å². The summed E-state index contributed by atoms with van der Waals surface area (Å²) in [4.78, 5) is 0. The minimum absolute atomic E-state index is 0.0108. The van der Waals surface area contributed by atoms with Gasteiger partial charge in [-0.2, -0.15) is 0 Å². The normalized spacial score (nSPS) is 12.2. The van der Waals surface area contributed by atoms with E-state index in [1.807, 2.05) is 24.3 Å². The number of nitrogens with two attached hydrogens (primary N) is 1. The van der Waals surface area contributed by atoms with Gasteiger partial charge in [-0.1, -0.05) is 37.3 Å². The first-order valence-electron chi connectivity index (χ1n) is 7.13. The van der Waals surface area contributed by atoms with Crippen molar-refractivity contribution in [2.24, 2.45) is 5.73 Å². The maximum absolute atomic E-state index is 6.19. The van der Waals surface area contributed by atoms with Crippen molar-refractivity contribution in [1.29, 1.82) is 0 Å². The molecule has 0 aliphatic rings. The predicted molar refractivity (Wildman–Crippen MR) is 84.4 cm³/mol. The third-order valence-electron chi connectivity index (χ3n) is 3.84. The highest BCUT2D eigenvalue weighted by Crippen LogP contribution is 2.34. The quantitative estimate of drug-likeness (QED) is 0.864. The van der Waals surface area contributed by atoms with Crippen LogP contribution >= 0.6 is 0 Å². The lowest BCUT2D eigenvalue weighted by atomic mass is 10.0. The number of para-hydroxylation sites is 1. The lowest BCUT2D eigenvalue weighted by molar-refractivity contribution is 0.461. The predicted octanol–water partition coefficient (Wildman–Crippen LogP) is 4.81. The molecule has 2 aromatic carbocycles. The lowest BCUT2D eigenvalue weighted by Crippen LogP contribution is -2.10. The summed E-state index contributed by atoms with van der Waals surface area (Å²) in [6, 6.07) is 12.3. The van der Waals surface area contributed by atoms with Gasteiger partial charge in [-0.15, -0.1) is 0 Å². The molecule has 0 saturated carbocycles. The van der Waals surface area contributed by atoms with E-state index in [1.54, 1.807) is 0 Å². The van der Waals surface area contributed by atoms with Gasteiger partial charge in [-0.25, -0.2) is 0 Å². The molecule has 2 N–H and O–H groups in total. The second kappa shape index (κ2) is 6.10. The largest absolute Gasteiger partial charge is 0.456 e. The average Bonchev–Trinajstić information content (AvgIpc) is 2.47. The molecule has 0 bridgehead atoms. The molecule has 0 aliphatic carbocycles. The standard InChI is InChI=1S/C18H23NO/c1-5-16(19)15-8-6-7-9-17(15)20-18-13(3)11-10-12(2)14(18)4/h6-11,16H,5,19H2,1-4H3. The van der Waals surface area contributed by atoms with Gasteiger partial charge < -0.3 is 10.5 Å². The Kier molecular flexibility index (Phi) is 4.46. The molecule has 106 valence electrons. The first-order chi connectivity index (χ1) is 9.54. The smallest absolute Gasteiger partial charge is 0.133 e. The number of rotatable bonds is 4. The molecule has 0 aromatic heterocycles. The number of hydrogen-bond acceptors (Lipinski definition) is 2. The van der Waals surface area contributed by atoms with Crippen LogP contribution in [-0.2, 0) is 0 Å². The highest BCUT2D eigenvalue weighted by atomic mass is 16.5. The fourth-order valence-corrected chi connectivity index (χ4v) is 2.29. The Morgan fingerprint density at radius 2 is 1.65 bits per heavy atom. The molecule has 0 heterocycles. The maximum Gasteiger partial charge on any atom is 0.133 e. The van der Waals surface area contributed by atoms with Crippen LogP contribution in [0, 0.1) is 20.8 Å². The van der Waals surface area contributed by atoms with Crippen LogP contribution in [0.4, 0.5) is 0 Å². The second-order valence-corrected chi connectivity index (χ2v) is 5.31. The first-order valence-corrected chi connectivity index (χ1v) is 7.13. The summed E-state index contributed by atoms with van der Waals surface area (Å²) >= 11 is 0. The van der Waals surface area contributed by atoms with Crippen molar-refractivity contribution in [2.45, 2.75) is 40.2 Å². The Balaban J connectivity index is 2.43. The van der Waals surface area contributed by atoms with E-state index in [2.05, 4.69) is 39.8 Å². The van der Waals surface area contributed by atoms with Crippen molar-refractivity contribution in [3.05, 3.63) is 58.7 Å². The number of benzene rings is 2. The molecular weight excluding hydrogens is 246 g/mol. The zero-order chi connectivity index (χ0) is 14.7. The van der Waals surface area contributed by atoms with Crippen LogP contribution in [0.2, 0.25) is 0 Å². The zero-order valence-corrected chi connectivity index (χ0v) is 12.7. The van der Waals surface area contributed by atoms with Gasteiger partial charge in [-0.05, 0) is 49.9 Å². The van der Waals surface area contributed by atoms with Crippen molar-refractivity contribution >= 4 is 0 Å². The van der Waals surface area contributed by atoms with Crippen LogP contribution in [0.3, 0.4) is 0 Å². The molecule has 1 unspecified atom stereocenters. The summed E-state index contributed by atoms with van der Waals surface area (Å²) < 4.78 is 6.19. The SMILES string of the molecule is CCC(N)c1ccccc1Oc1c(C)ccc(C)c1C. The van der Waals surface area contributed by atoms with Crippen molar-refractivity contribution in [3.8, 4) is 11.5 Å². The van der Waals surface area contributed by atoms with Gasteiger partial charge in [0, 0.05) is 11.6 Å². The number of ether oxygens (including phenoxy) is 1. The van der Waals surface area contributed by atoms with E-state index in [0.717, 1.165) is 29.0 Å². The maximum atomic E-state index is 6.19. The van der Waals surface area contributed by atoms with Crippen LogP contribution in [0.25, 0.3) is 0 Å². The molecule has 0 spiro atoms. The van der Waals surface area contributed by atoms with Gasteiger partial charge in [0.15, 0.2) is 0 Å². The van der Waals surface area contributed by atoms with Gasteiger partial charge in [-0.3, -0.25) is 0 Å². The Labute approximate surface area is 121 Å². The lowest BCUT2D eigenvalue weighted by Gasteiger charge is -2.18. The molecule has 2 rings (SSSR count). The minimum atomic E-state index is 0.0108. The molecule has 0 fully saturated rings. The Morgan fingerprint density at radius 3 is 2.35 bits per heavy atom. The molecule has 2 aromatic rings. The third kappa shape index (κ3) is 2.86. The number of aryl methyl sites for hydroxylation is 2. The molecular formula is C18H23NO. The highest BCUT2D eigenvalue weighted by Gasteiger charge is 2.13. The van der Waals surface area contributed by atoms with Gasteiger partial charge in [0.25, 0.3) is 0 Å². The van der Waals surface area contributed by atoms with Gasteiger partial charge in [0.05, 0.1) is 0 Å². The molecule has 0 amide bonds. The monoisotopic (exact) mass is 269 g/mol. The van der Waals surface area contributed by atoms with Crippen molar-refractivity contribution in [3.63, 3.8) is 0 Å². The van der Waals surface area contributed by atoms with Crippen molar-refractivity contribution in [2.75, 3.05) is 0 Å². The summed E-state index contributed by atoms with van der Waals surface area (Å²) in [7, 11) is 0. The van der Waals surface area contributed by atoms with E-state index in [4.69, 9.17) is 10.5 Å². The van der Waals surface area contributed by atoms with E-state index in [-0.39, 0.29) is 6.04 Å². The summed E-state index contributed by atoms with van der Waals surface area (Å²) in [5.74, 6) is 1.81. The zero-order valence-electron chi connectivity index (χ0n) is 12.7. The minimum Gasteiger partial charge on any atom is -0.456 e. The van der Waals surface area contributed by atoms with E-state index >= 15 is 0 Å². The second-order valence-electron chi connectivity index (χ2n) is 5.31. The molecule has 0 radical (unpaired) electrons. The highest BCUT2D eigenvalue weighted by molar-refractivity contribution is 5.48. The molecule has 0 saturated heterocycles. The Morgan fingerprint density at radius 1 is 1.00 bits per heavy atom. The molecule has 1 atom stereocenters. The van der Waals surface area contributed by atoms with E-state index in [1.165, 1.54) is 11.1 Å². The average molecular weight is 269 g/mol. The summed E-state index contributed by atoms with van der Waals surface area (Å²) in [6.45, 7) is 8.36. The van der Waals surface area contributed by atoms with Crippen molar-refractivity contribution < 1.29 is 4.74 Å². The van der Waals surface area contributed by atoms with Gasteiger partial charge >= 0.3 is 0 Å². The Bertz CT molecular complexity index is 604. The summed E-state index contributed by atoms with van der Waals surface area (Å²) in [5.41, 5.74) is 10.8. The molecule has 20 heavy (non-hydrogen) atoms. The molecule has 2 heteroatoms. The van der Waals surface area contributed by atoms with Gasteiger partial charge in [0.1, 0.15) is 11.5 Å². The summed E-state index contributed by atoms with van der Waals surface area (Å²) in [6.07, 6.45) is 0.895. The van der Waals surface area contributed by atoms with Crippen molar-refractivity contribution in [1.82, 2.24) is 0 Å². The molecule has 2 nitrogen and oxygen atoms in total. The topological polar surface area (TPSA) is 35.2 Å². The van der Waals surface area contributed by atoms with Crippen LogP contribution < -0.4 is 10.5 Å². The van der Waals surface area contributed by atoms with E-state index < -0.39 is 0 Å². The van der Waals surface area contributed by atoms with Crippen LogP contribution in [0.5, 0.6) is 11.5 Å². The van der Waals surface area contributed by atoms with Crippen LogP contribution in [-0.4, -0.2) is 0 Å². The third-order valence-corrected chi connectivity index (χ3v) is 3.84. The fraction of sp³-hybridized carbons (Fsp3) is 0.333. The molecule has 0 aliphatic heterocycles. The van der Waals surface area contributed by atoms with E-state index in [0.29, 0.717) is 0 Å². The van der Waals surface area contributed by atoms with Crippen LogP contribution in [0.1, 0.15) is 41.6 Å². The van der Waals surface area contributed by atoms with Crippen LogP contribution in [0.15, 0.2) is 36.4 Å². The Hall–Kier alpha value is -1.80. The fourth-order valence-electron chi connectivity index (χ4n) is 2.29. The van der Waals surface area contributed by atoms with E-state index in [9.17, 15) is 0 Å². The number of hydrogen-bond donors (Lipinski definition) is 1. The first kappa shape index (κ1) is 14.6. The summed E-state index contributed by atoms with van der Waals surface area (Å²) in [5, 5.41) is 0.